The molecule has 0 radical (unpaired) electrons. The first kappa shape index (κ1) is 16.1. The largest absolute Gasteiger partial charge is 0.390 e. The highest BCUT2D eigenvalue weighted by molar-refractivity contribution is 7.16. The second kappa shape index (κ2) is 6.41. The van der Waals surface area contributed by atoms with Crippen LogP contribution in [-0.4, -0.2) is 20.6 Å². The van der Waals surface area contributed by atoms with Gasteiger partial charge in [0.1, 0.15) is 17.6 Å². The predicted octanol–water partition coefficient (Wildman–Crippen LogP) is 2.55. The normalized spacial score (nSPS) is 13.2. The number of amides is 1. The quantitative estimate of drug-likeness (QED) is 0.675. The van der Waals surface area contributed by atoms with Crippen LogP contribution in [0.5, 0.6) is 0 Å². The first-order valence-electron chi connectivity index (χ1n) is 7.53. The van der Waals surface area contributed by atoms with Gasteiger partial charge in [-0.25, -0.2) is 0 Å². The van der Waals surface area contributed by atoms with Crippen molar-refractivity contribution in [3.8, 4) is 6.07 Å². The van der Waals surface area contributed by atoms with E-state index in [9.17, 15) is 20.2 Å². The number of nitro groups is 1. The second-order valence-electron chi connectivity index (χ2n) is 5.63. The van der Waals surface area contributed by atoms with E-state index < -0.39 is 4.92 Å². The van der Waals surface area contributed by atoms with Crippen molar-refractivity contribution in [1.29, 1.82) is 5.26 Å². The minimum Gasteiger partial charge on any atom is -0.358 e. The zero-order valence-electron chi connectivity index (χ0n) is 13.0. The molecule has 1 N–H and O–H groups in total. The molecule has 0 bridgehead atoms. The molecule has 24 heavy (non-hydrogen) atoms. The van der Waals surface area contributed by atoms with Crippen molar-refractivity contribution in [1.82, 2.24) is 9.78 Å². The maximum atomic E-state index is 12.2. The van der Waals surface area contributed by atoms with E-state index >= 15 is 0 Å². The summed E-state index contributed by atoms with van der Waals surface area (Å²) in [5.74, 6) is -0.643. The fourth-order valence-electron chi connectivity index (χ4n) is 2.82. The number of hydrogen-bond donors (Lipinski definition) is 1. The van der Waals surface area contributed by atoms with Crippen LogP contribution < -0.4 is 5.32 Å². The molecule has 0 unspecified atom stereocenters. The summed E-state index contributed by atoms with van der Waals surface area (Å²) in [6.07, 6.45) is 3.97. The third kappa shape index (κ3) is 3.00. The van der Waals surface area contributed by atoms with Crippen LogP contribution in [0.1, 0.15) is 34.5 Å². The third-order valence-corrected chi connectivity index (χ3v) is 5.19. The number of nitrogens with zero attached hydrogens (tertiary/aromatic N) is 4. The van der Waals surface area contributed by atoms with Crippen molar-refractivity contribution in [2.45, 2.75) is 39.2 Å². The molecule has 0 saturated heterocycles. The monoisotopic (exact) mass is 345 g/mol. The zero-order valence-corrected chi connectivity index (χ0v) is 13.9. The third-order valence-electron chi connectivity index (χ3n) is 3.98. The number of hydrogen-bond acceptors (Lipinski definition) is 6. The SMILES string of the molecule is Cc1cc([N+](=O)[O-])nn1CC(=O)Nc1sc2c(c1C#N)CCCC2. The van der Waals surface area contributed by atoms with Crippen molar-refractivity contribution in [2.24, 2.45) is 0 Å². The van der Waals surface area contributed by atoms with E-state index in [1.165, 1.54) is 27.0 Å². The molecule has 124 valence electrons. The summed E-state index contributed by atoms with van der Waals surface area (Å²) in [5.41, 5.74) is 2.13. The van der Waals surface area contributed by atoms with Gasteiger partial charge in [0.05, 0.1) is 22.4 Å². The first-order chi connectivity index (χ1) is 11.5. The maximum Gasteiger partial charge on any atom is 0.390 e. The zero-order chi connectivity index (χ0) is 17.3. The Balaban J connectivity index is 1.77. The van der Waals surface area contributed by atoms with Crippen LogP contribution >= 0.6 is 11.3 Å². The van der Waals surface area contributed by atoms with Gasteiger partial charge in [0.25, 0.3) is 0 Å². The molecule has 0 fully saturated rings. The molecule has 0 aromatic carbocycles. The van der Waals surface area contributed by atoms with E-state index in [2.05, 4.69) is 16.5 Å². The average molecular weight is 345 g/mol. The topological polar surface area (TPSA) is 114 Å². The van der Waals surface area contributed by atoms with E-state index in [4.69, 9.17) is 0 Å². The molecule has 0 spiro atoms. The average Bonchev–Trinajstić information content (AvgIpc) is 3.07. The summed E-state index contributed by atoms with van der Waals surface area (Å²) in [5, 5.41) is 27.2. The van der Waals surface area contributed by atoms with Gasteiger partial charge in [-0.3, -0.25) is 4.79 Å². The second-order valence-corrected chi connectivity index (χ2v) is 6.74. The number of anilines is 1. The predicted molar refractivity (Wildman–Crippen MR) is 87.9 cm³/mol. The van der Waals surface area contributed by atoms with E-state index in [0.29, 0.717) is 16.3 Å². The fourth-order valence-corrected chi connectivity index (χ4v) is 4.07. The molecule has 8 nitrogen and oxygen atoms in total. The van der Waals surface area contributed by atoms with Crippen LogP contribution in [0.4, 0.5) is 10.8 Å². The Morgan fingerprint density at radius 1 is 1.54 bits per heavy atom. The van der Waals surface area contributed by atoms with E-state index in [1.807, 2.05) is 0 Å². The summed E-state index contributed by atoms with van der Waals surface area (Å²) in [7, 11) is 0. The summed E-state index contributed by atoms with van der Waals surface area (Å²) < 4.78 is 1.28. The Kier molecular flexibility index (Phi) is 4.31. The highest BCUT2D eigenvalue weighted by Crippen LogP contribution is 2.37. The number of carbonyl (C=O) groups excluding carboxylic acids is 1. The Bertz CT molecular complexity index is 861. The van der Waals surface area contributed by atoms with Gasteiger partial charge < -0.3 is 15.4 Å². The lowest BCUT2D eigenvalue weighted by Crippen LogP contribution is -2.20. The molecule has 9 heteroatoms. The minimum atomic E-state index is -0.595. The summed E-state index contributed by atoms with van der Waals surface area (Å²) >= 11 is 1.45. The number of nitriles is 1. The number of carbonyl (C=O) groups is 1. The smallest absolute Gasteiger partial charge is 0.358 e. The number of fused-ring (bicyclic) bond motifs is 1. The van der Waals surface area contributed by atoms with Gasteiger partial charge in [-0.1, -0.05) is 0 Å². The van der Waals surface area contributed by atoms with Crippen LogP contribution in [0.25, 0.3) is 0 Å². The molecule has 1 aliphatic carbocycles. The van der Waals surface area contributed by atoms with Crippen LogP contribution in [0, 0.1) is 28.4 Å². The molecule has 2 heterocycles. The number of rotatable bonds is 4. The van der Waals surface area contributed by atoms with Crippen molar-refractivity contribution >= 4 is 28.1 Å². The standard InChI is InChI=1S/C15H15N5O3S/c1-9-6-13(20(22)23)18-19(9)8-14(21)17-15-11(7-16)10-4-2-3-5-12(10)24-15/h6H,2-5,8H2,1H3,(H,17,21). The Morgan fingerprint density at radius 2 is 2.29 bits per heavy atom. The van der Waals surface area contributed by atoms with Crippen molar-refractivity contribution in [2.75, 3.05) is 5.32 Å². The molecule has 1 aliphatic rings. The minimum absolute atomic E-state index is 0.132. The Morgan fingerprint density at radius 3 is 2.96 bits per heavy atom. The fraction of sp³-hybridized carbons (Fsp3) is 0.400. The molecule has 0 atom stereocenters. The van der Waals surface area contributed by atoms with Gasteiger partial charge in [-0.2, -0.15) is 9.94 Å². The van der Waals surface area contributed by atoms with Gasteiger partial charge in [-0.05, 0) is 43.1 Å². The maximum absolute atomic E-state index is 12.2. The summed E-state index contributed by atoms with van der Waals surface area (Å²) in [6.45, 7) is 1.52. The molecule has 2 aromatic rings. The van der Waals surface area contributed by atoms with Crippen molar-refractivity contribution in [3.05, 3.63) is 37.9 Å². The van der Waals surface area contributed by atoms with Gasteiger partial charge in [0.15, 0.2) is 0 Å². The molecule has 0 aliphatic heterocycles. The van der Waals surface area contributed by atoms with Crippen LogP contribution in [-0.2, 0) is 24.2 Å². The first-order valence-corrected chi connectivity index (χ1v) is 8.34. The number of thiophene rings is 1. The van der Waals surface area contributed by atoms with Gasteiger partial charge in [0, 0.05) is 4.88 Å². The lowest BCUT2D eigenvalue weighted by Gasteiger charge is -2.09. The Hall–Kier alpha value is -2.73. The summed E-state index contributed by atoms with van der Waals surface area (Å²) in [6, 6.07) is 3.50. The van der Waals surface area contributed by atoms with Gasteiger partial charge >= 0.3 is 5.82 Å². The molecular weight excluding hydrogens is 330 g/mol. The van der Waals surface area contributed by atoms with E-state index in [1.54, 1.807) is 6.92 Å². The molecule has 0 saturated carbocycles. The lowest BCUT2D eigenvalue weighted by molar-refractivity contribution is -0.389. The van der Waals surface area contributed by atoms with Crippen LogP contribution in [0.3, 0.4) is 0 Å². The number of aromatic nitrogens is 2. The van der Waals surface area contributed by atoms with E-state index in [0.717, 1.165) is 31.2 Å². The van der Waals surface area contributed by atoms with Crippen molar-refractivity contribution in [3.63, 3.8) is 0 Å². The van der Waals surface area contributed by atoms with Crippen LogP contribution in [0.2, 0.25) is 0 Å². The highest BCUT2D eigenvalue weighted by atomic mass is 32.1. The molecular formula is C15H15N5O3S. The number of nitrogens with one attached hydrogen (secondary N) is 1. The number of aryl methyl sites for hydroxylation is 2. The molecule has 3 rings (SSSR count). The summed E-state index contributed by atoms with van der Waals surface area (Å²) in [4.78, 5) is 23.6. The molecule has 2 aromatic heterocycles. The van der Waals surface area contributed by atoms with Crippen molar-refractivity contribution < 1.29 is 9.72 Å². The Labute approximate surface area is 141 Å². The lowest BCUT2D eigenvalue weighted by atomic mass is 9.96. The highest BCUT2D eigenvalue weighted by Gasteiger charge is 2.23. The molecule has 1 amide bonds. The van der Waals surface area contributed by atoms with Gasteiger partial charge in [0.2, 0.25) is 5.91 Å². The van der Waals surface area contributed by atoms with Gasteiger partial charge in [-0.15, -0.1) is 11.3 Å². The van der Waals surface area contributed by atoms with E-state index in [-0.39, 0.29) is 18.3 Å². The van der Waals surface area contributed by atoms with Crippen LogP contribution in [0.15, 0.2) is 6.07 Å².